The molecule has 0 fully saturated rings. The first-order valence-electron chi connectivity index (χ1n) is 7.65. The summed E-state index contributed by atoms with van der Waals surface area (Å²) in [6, 6.07) is 0. The summed E-state index contributed by atoms with van der Waals surface area (Å²) >= 11 is 2.22. The second kappa shape index (κ2) is 8.92. The number of esters is 1. The molecule has 0 aromatic heterocycles. The van der Waals surface area contributed by atoms with Gasteiger partial charge in [0.05, 0.1) is 13.2 Å². The van der Waals surface area contributed by atoms with Crippen LogP contribution < -0.4 is 4.74 Å². The van der Waals surface area contributed by atoms with Gasteiger partial charge in [-0.3, -0.25) is 0 Å². The number of ether oxygens (including phenoxy) is 2. The molecule has 1 aliphatic heterocycles. The van der Waals surface area contributed by atoms with Crippen molar-refractivity contribution in [2.24, 2.45) is 0 Å². The van der Waals surface area contributed by atoms with E-state index in [0.717, 1.165) is 33.6 Å². The molecule has 2 rings (SSSR count). The lowest BCUT2D eigenvalue weighted by molar-refractivity contribution is 0.0532. The zero-order valence-electron chi connectivity index (χ0n) is 13.9. The first kappa shape index (κ1) is 19.3. The first-order chi connectivity index (χ1) is 11.5. The lowest BCUT2D eigenvalue weighted by atomic mass is 9.90. The fourth-order valence-corrected chi connectivity index (χ4v) is 3.43. The molecule has 6 heteroatoms. The monoisotopic (exact) mass is 460 g/mol. The average Bonchev–Trinajstić information content (AvgIpc) is 2.97. The fraction of sp³-hybridized carbons (Fsp3) is 0.389. The Kier molecular flexibility index (Phi) is 7.18. The van der Waals surface area contributed by atoms with Crippen molar-refractivity contribution >= 4 is 42.2 Å². The van der Waals surface area contributed by atoms with Crippen LogP contribution in [-0.4, -0.2) is 30.0 Å². The van der Waals surface area contributed by atoms with Crippen molar-refractivity contribution in [3.05, 3.63) is 46.0 Å². The summed E-state index contributed by atoms with van der Waals surface area (Å²) in [5, 5.41) is 9.24. The third kappa shape index (κ3) is 3.97. The first-order valence-corrected chi connectivity index (χ1v) is 11.2. The maximum atomic E-state index is 12.2. The highest BCUT2D eigenvalue weighted by atomic mass is 127. The Bertz CT molecular complexity index is 682. The van der Waals surface area contributed by atoms with Crippen molar-refractivity contribution < 1.29 is 19.4 Å². The Hall–Kier alpha value is -0.990. The van der Waals surface area contributed by atoms with Crippen LogP contribution in [0.15, 0.2) is 18.2 Å². The Morgan fingerprint density at radius 3 is 2.92 bits per heavy atom. The van der Waals surface area contributed by atoms with E-state index in [1.807, 2.05) is 19.9 Å². The molecule has 1 aromatic rings. The van der Waals surface area contributed by atoms with Crippen LogP contribution in [0.5, 0.6) is 5.75 Å². The maximum Gasteiger partial charge on any atom is 0.342 e. The quantitative estimate of drug-likeness (QED) is 0.272. The van der Waals surface area contributed by atoms with Crippen LogP contribution in [0, 0.1) is 6.92 Å². The molecule has 0 saturated carbocycles. The van der Waals surface area contributed by atoms with Gasteiger partial charge in [-0.15, -0.1) is 0 Å². The summed E-state index contributed by atoms with van der Waals surface area (Å²) in [4.78, 5) is 12.2. The van der Waals surface area contributed by atoms with E-state index >= 15 is 0 Å². The molecule has 0 saturated heterocycles. The van der Waals surface area contributed by atoms with E-state index in [1.165, 1.54) is 0 Å². The molecule has 0 radical (unpaired) electrons. The Morgan fingerprint density at radius 2 is 2.29 bits per heavy atom. The van der Waals surface area contributed by atoms with E-state index in [0.29, 0.717) is 24.3 Å². The SMILES string of the molecule is C=Cc1c(C)c2c(c(OCCSI)c1C/C=C(\C)CO)C(=O)OC2. The Labute approximate surface area is 158 Å². The van der Waals surface area contributed by atoms with Crippen LogP contribution in [0.2, 0.25) is 0 Å². The van der Waals surface area contributed by atoms with E-state index in [9.17, 15) is 9.90 Å². The number of hydrogen-bond donors (Lipinski definition) is 1. The van der Waals surface area contributed by atoms with Gasteiger partial charge < -0.3 is 14.6 Å². The number of carbonyl (C=O) groups excluding carboxylic acids is 1. The number of aliphatic hydroxyl groups is 1. The van der Waals surface area contributed by atoms with Crippen molar-refractivity contribution in [1.29, 1.82) is 0 Å². The van der Waals surface area contributed by atoms with Crippen LogP contribution in [0.4, 0.5) is 0 Å². The fourth-order valence-electron chi connectivity index (χ4n) is 2.75. The zero-order valence-corrected chi connectivity index (χ0v) is 16.8. The van der Waals surface area contributed by atoms with Gasteiger partial charge in [-0.25, -0.2) is 4.79 Å². The summed E-state index contributed by atoms with van der Waals surface area (Å²) in [5.41, 5.74) is 5.21. The van der Waals surface area contributed by atoms with E-state index in [4.69, 9.17) is 9.47 Å². The smallest absolute Gasteiger partial charge is 0.342 e. The van der Waals surface area contributed by atoms with Gasteiger partial charge in [-0.2, -0.15) is 0 Å². The molecule has 24 heavy (non-hydrogen) atoms. The van der Waals surface area contributed by atoms with Crippen LogP contribution >= 0.6 is 30.1 Å². The van der Waals surface area contributed by atoms with Crippen LogP contribution in [-0.2, 0) is 17.8 Å². The van der Waals surface area contributed by atoms with Crippen LogP contribution in [0.1, 0.15) is 39.5 Å². The average molecular weight is 460 g/mol. The molecule has 0 spiro atoms. The molecule has 4 nitrogen and oxygen atoms in total. The van der Waals surface area contributed by atoms with Gasteiger partial charge in [0.25, 0.3) is 0 Å². The van der Waals surface area contributed by atoms with Gasteiger partial charge in [-0.1, -0.05) is 33.2 Å². The topological polar surface area (TPSA) is 55.8 Å². The minimum Gasteiger partial charge on any atom is -0.491 e. The number of halogens is 1. The highest BCUT2D eigenvalue weighted by Gasteiger charge is 2.31. The number of rotatable bonds is 8. The second-order valence-corrected chi connectivity index (χ2v) is 8.05. The predicted molar refractivity (Wildman–Crippen MR) is 107 cm³/mol. The normalized spacial score (nSPS) is 13.7. The lowest BCUT2D eigenvalue weighted by Crippen LogP contribution is -2.10. The number of cyclic esters (lactones) is 1. The minimum atomic E-state index is -0.329. The van der Waals surface area contributed by atoms with E-state index < -0.39 is 0 Å². The van der Waals surface area contributed by atoms with E-state index in [-0.39, 0.29) is 19.2 Å². The molecule has 0 atom stereocenters. The third-order valence-corrected chi connectivity index (χ3v) is 5.69. The lowest BCUT2D eigenvalue weighted by Gasteiger charge is -2.18. The second-order valence-electron chi connectivity index (χ2n) is 5.55. The Balaban J connectivity index is 2.59. The number of hydrogen-bond acceptors (Lipinski definition) is 5. The largest absolute Gasteiger partial charge is 0.491 e. The van der Waals surface area contributed by atoms with Crippen molar-refractivity contribution in [3.63, 3.8) is 0 Å². The number of carbonyl (C=O) groups is 1. The number of allylic oxidation sites excluding steroid dienone is 1. The summed E-state index contributed by atoms with van der Waals surface area (Å²) in [7, 11) is 1.66. The number of aliphatic hydroxyl groups excluding tert-OH is 1. The molecule has 0 amide bonds. The van der Waals surface area contributed by atoms with Gasteiger partial charge in [0.15, 0.2) is 0 Å². The number of benzene rings is 1. The van der Waals surface area contributed by atoms with Crippen molar-refractivity contribution in [2.75, 3.05) is 19.0 Å². The summed E-state index contributed by atoms with van der Waals surface area (Å²) in [5.74, 6) is 1.09. The van der Waals surface area contributed by atoms with Crippen molar-refractivity contribution in [3.8, 4) is 5.75 Å². The molecule has 1 heterocycles. The standard InChI is InChI=1S/C18H21IO4S/c1-4-13-12(3)15-10-23-18(21)16(15)17(22-7-8-24-19)14(13)6-5-11(2)9-20/h4-5,20H,1,6-10H2,2-3H3/b11-5+. The van der Waals surface area contributed by atoms with Gasteiger partial charge in [-0.05, 0) is 52.6 Å². The zero-order chi connectivity index (χ0) is 17.7. The van der Waals surface area contributed by atoms with Crippen molar-refractivity contribution in [2.45, 2.75) is 26.9 Å². The predicted octanol–water partition coefficient (Wildman–Crippen LogP) is 4.25. The summed E-state index contributed by atoms with van der Waals surface area (Å²) in [6.07, 6.45) is 4.33. The van der Waals surface area contributed by atoms with E-state index in [2.05, 4.69) is 27.8 Å². The molecule has 1 N–H and O–H groups in total. The molecular formula is C18H21IO4S. The molecule has 1 aliphatic rings. The molecule has 0 aliphatic carbocycles. The van der Waals surface area contributed by atoms with Crippen LogP contribution in [0.25, 0.3) is 6.08 Å². The van der Waals surface area contributed by atoms with E-state index in [1.54, 1.807) is 15.0 Å². The van der Waals surface area contributed by atoms with Gasteiger partial charge in [0.2, 0.25) is 0 Å². The third-order valence-electron chi connectivity index (χ3n) is 4.05. The maximum absolute atomic E-state index is 12.2. The molecule has 0 bridgehead atoms. The molecule has 0 unspecified atom stereocenters. The number of fused-ring (bicyclic) bond motifs is 1. The summed E-state index contributed by atoms with van der Waals surface area (Å²) < 4.78 is 11.2. The summed E-state index contributed by atoms with van der Waals surface area (Å²) in [6.45, 7) is 8.59. The van der Waals surface area contributed by atoms with Gasteiger partial charge in [0, 0.05) is 16.9 Å². The Morgan fingerprint density at radius 1 is 1.54 bits per heavy atom. The molecule has 1 aromatic carbocycles. The minimum absolute atomic E-state index is 0.0110. The molecular weight excluding hydrogens is 439 g/mol. The van der Waals surface area contributed by atoms with Crippen LogP contribution in [0.3, 0.4) is 0 Å². The highest BCUT2D eigenvalue weighted by Crippen LogP contribution is 2.39. The van der Waals surface area contributed by atoms with Crippen molar-refractivity contribution in [1.82, 2.24) is 0 Å². The highest BCUT2D eigenvalue weighted by molar-refractivity contribution is 14.2. The van der Waals surface area contributed by atoms with Gasteiger partial charge >= 0.3 is 5.97 Å². The molecule has 130 valence electrons. The van der Waals surface area contributed by atoms with Gasteiger partial charge in [0.1, 0.15) is 17.9 Å².